The summed E-state index contributed by atoms with van der Waals surface area (Å²) in [5.41, 5.74) is -0.611. The molecule has 0 aromatic rings. The first kappa shape index (κ1) is 17.4. The maximum absolute atomic E-state index is 11.8. The zero-order valence-electron chi connectivity index (χ0n) is 12.7. The van der Waals surface area contributed by atoms with Crippen molar-refractivity contribution in [1.29, 1.82) is 0 Å². The summed E-state index contributed by atoms with van der Waals surface area (Å²) >= 11 is 0. The summed E-state index contributed by atoms with van der Waals surface area (Å²) in [4.78, 5) is 11.8. The quantitative estimate of drug-likeness (QED) is 0.510. The fraction of sp³-hybridized carbons (Fsp3) is 0.929. The summed E-state index contributed by atoms with van der Waals surface area (Å²) in [6, 6.07) is 0. The van der Waals surface area contributed by atoms with Gasteiger partial charge in [0.2, 0.25) is 0 Å². The van der Waals surface area contributed by atoms with Crippen molar-refractivity contribution < 1.29 is 14.3 Å². The molecule has 0 rings (SSSR count). The number of carbonyl (C=O) groups is 1. The Bertz CT molecular complexity index is 243. The van der Waals surface area contributed by atoms with Gasteiger partial charge in [-0.1, -0.05) is 13.8 Å². The molecule has 0 aromatic heterocycles. The average Bonchev–Trinajstić information content (AvgIpc) is 2.34. The van der Waals surface area contributed by atoms with Gasteiger partial charge in [0.25, 0.3) is 0 Å². The molecule has 1 N–H and O–H groups in total. The van der Waals surface area contributed by atoms with Crippen LogP contribution >= 0.6 is 0 Å². The number of rotatable bonds is 9. The van der Waals surface area contributed by atoms with Crippen molar-refractivity contribution in [2.45, 2.75) is 59.1 Å². The van der Waals surface area contributed by atoms with Gasteiger partial charge >= 0.3 is 5.97 Å². The molecule has 2 unspecified atom stereocenters. The van der Waals surface area contributed by atoms with Crippen LogP contribution in [0.3, 0.4) is 0 Å². The van der Waals surface area contributed by atoms with Crippen LogP contribution < -0.4 is 5.32 Å². The van der Waals surface area contributed by atoms with E-state index in [2.05, 4.69) is 26.1 Å². The van der Waals surface area contributed by atoms with Crippen molar-refractivity contribution >= 4 is 5.97 Å². The fourth-order valence-corrected chi connectivity index (χ4v) is 1.51. The Morgan fingerprint density at radius 3 is 2.39 bits per heavy atom. The van der Waals surface area contributed by atoms with Crippen molar-refractivity contribution in [2.24, 2.45) is 5.92 Å². The van der Waals surface area contributed by atoms with Gasteiger partial charge in [0.15, 0.2) is 0 Å². The number of esters is 1. The van der Waals surface area contributed by atoms with Gasteiger partial charge in [-0.2, -0.15) is 0 Å². The Labute approximate surface area is 111 Å². The Hall–Kier alpha value is -0.610. The highest BCUT2D eigenvalue weighted by atomic mass is 16.5. The summed E-state index contributed by atoms with van der Waals surface area (Å²) in [6.45, 7) is 11.1. The zero-order chi connectivity index (χ0) is 14.2. The smallest absolute Gasteiger partial charge is 0.326 e. The van der Waals surface area contributed by atoms with Gasteiger partial charge in [0, 0.05) is 6.61 Å². The van der Waals surface area contributed by atoms with E-state index in [0.717, 1.165) is 6.42 Å². The highest BCUT2D eigenvalue weighted by Gasteiger charge is 2.32. The van der Waals surface area contributed by atoms with Gasteiger partial charge in [-0.3, -0.25) is 4.79 Å². The summed E-state index contributed by atoms with van der Waals surface area (Å²) in [5, 5.41) is 3.04. The van der Waals surface area contributed by atoms with Crippen LogP contribution in [0.2, 0.25) is 0 Å². The maximum Gasteiger partial charge on any atom is 0.326 e. The lowest BCUT2D eigenvalue weighted by Crippen LogP contribution is -2.48. The lowest BCUT2D eigenvalue weighted by atomic mass is 9.96. The third-order valence-electron chi connectivity index (χ3n) is 3.42. The van der Waals surface area contributed by atoms with Crippen molar-refractivity contribution in [3.63, 3.8) is 0 Å². The first-order valence-electron chi connectivity index (χ1n) is 6.85. The molecule has 0 saturated carbocycles. The molecule has 0 radical (unpaired) electrons. The lowest BCUT2D eigenvalue weighted by molar-refractivity contribution is -0.150. The van der Waals surface area contributed by atoms with E-state index in [1.165, 1.54) is 0 Å². The van der Waals surface area contributed by atoms with Crippen molar-refractivity contribution in [1.82, 2.24) is 5.32 Å². The van der Waals surface area contributed by atoms with Crippen LogP contribution in [0.5, 0.6) is 0 Å². The van der Waals surface area contributed by atoms with Crippen molar-refractivity contribution in [3.8, 4) is 0 Å². The van der Waals surface area contributed by atoms with Gasteiger partial charge in [0.05, 0.1) is 12.7 Å². The third kappa shape index (κ3) is 5.83. The topological polar surface area (TPSA) is 47.6 Å². The molecule has 0 spiro atoms. The molecule has 18 heavy (non-hydrogen) atoms. The Kier molecular flexibility index (Phi) is 8.20. The molecule has 0 aliphatic heterocycles. The third-order valence-corrected chi connectivity index (χ3v) is 3.42. The SMILES string of the molecule is CCOC(=O)C(C)(CCCOC(C)C(C)C)NC. The fourth-order valence-electron chi connectivity index (χ4n) is 1.51. The lowest BCUT2D eigenvalue weighted by Gasteiger charge is -2.27. The standard InChI is InChI=1S/C14H29NO3/c1-7-17-13(16)14(5,15-6)9-8-10-18-12(4)11(2)3/h11-12,15H,7-10H2,1-6H3. The minimum atomic E-state index is -0.611. The molecule has 0 fully saturated rings. The molecule has 0 saturated heterocycles. The normalized spacial score (nSPS) is 16.4. The van der Waals surface area contributed by atoms with E-state index < -0.39 is 5.54 Å². The molecule has 0 heterocycles. The van der Waals surface area contributed by atoms with Crippen LogP contribution in [0.25, 0.3) is 0 Å². The molecule has 0 aliphatic carbocycles. The van der Waals surface area contributed by atoms with Gasteiger partial charge in [-0.05, 0) is 46.6 Å². The molecule has 0 aromatic carbocycles. The maximum atomic E-state index is 11.8. The second-order valence-corrected chi connectivity index (χ2v) is 5.23. The predicted octanol–water partition coefficient (Wildman–Crippen LogP) is 2.37. The number of nitrogens with one attached hydrogen (secondary N) is 1. The highest BCUT2D eigenvalue weighted by Crippen LogP contribution is 2.15. The monoisotopic (exact) mass is 259 g/mol. The second kappa shape index (κ2) is 8.48. The van der Waals surface area contributed by atoms with E-state index in [0.29, 0.717) is 25.6 Å². The Morgan fingerprint density at radius 1 is 1.33 bits per heavy atom. The molecule has 4 heteroatoms. The van der Waals surface area contributed by atoms with Gasteiger partial charge in [0.1, 0.15) is 5.54 Å². The van der Waals surface area contributed by atoms with E-state index in [-0.39, 0.29) is 12.1 Å². The molecular formula is C14H29NO3. The molecule has 0 amide bonds. The Balaban J connectivity index is 4.04. The largest absolute Gasteiger partial charge is 0.465 e. The van der Waals surface area contributed by atoms with Crippen LogP contribution in [0, 0.1) is 5.92 Å². The van der Waals surface area contributed by atoms with Gasteiger partial charge < -0.3 is 14.8 Å². The minimum Gasteiger partial charge on any atom is -0.465 e. The predicted molar refractivity (Wildman–Crippen MR) is 73.6 cm³/mol. The number of hydrogen-bond donors (Lipinski definition) is 1. The zero-order valence-corrected chi connectivity index (χ0v) is 12.7. The summed E-state index contributed by atoms with van der Waals surface area (Å²) in [7, 11) is 1.79. The van der Waals surface area contributed by atoms with Crippen LogP contribution in [-0.4, -0.2) is 37.9 Å². The van der Waals surface area contributed by atoms with Gasteiger partial charge in [-0.15, -0.1) is 0 Å². The highest BCUT2D eigenvalue weighted by molar-refractivity contribution is 5.80. The Morgan fingerprint density at radius 2 is 1.94 bits per heavy atom. The summed E-state index contributed by atoms with van der Waals surface area (Å²) in [6.07, 6.45) is 1.81. The van der Waals surface area contributed by atoms with Crippen LogP contribution in [0.15, 0.2) is 0 Å². The molecular weight excluding hydrogens is 230 g/mol. The van der Waals surface area contributed by atoms with E-state index in [1.54, 1.807) is 7.05 Å². The molecule has 108 valence electrons. The van der Waals surface area contributed by atoms with Crippen molar-refractivity contribution in [3.05, 3.63) is 0 Å². The molecule has 2 atom stereocenters. The van der Waals surface area contributed by atoms with Crippen molar-refractivity contribution in [2.75, 3.05) is 20.3 Å². The first-order chi connectivity index (χ1) is 8.37. The molecule has 4 nitrogen and oxygen atoms in total. The van der Waals surface area contributed by atoms with E-state index in [9.17, 15) is 4.79 Å². The number of carbonyl (C=O) groups excluding carboxylic acids is 1. The summed E-state index contributed by atoms with van der Waals surface area (Å²) in [5.74, 6) is 0.329. The van der Waals surface area contributed by atoms with Gasteiger partial charge in [-0.25, -0.2) is 0 Å². The van der Waals surface area contributed by atoms with Crippen LogP contribution in [0.4, 0.5) is 0 Å². The van der Waals surface area contributed by atoms with E-state index in [4.69, 9.17) is 9.47 Å². The second-order valence-electron chi connectivity index (χ2n) is 5.23. The van der Waals surface area contributed by atoms with E-state index in [1.807, 2.05) is 13.8 Å². The average molecular weight is 259 g/mol. The minimum absolute atomic E-state index is 0.190. The van der Waals surface area contributed by atoms with E-state index >= 15 is 0 Å². The number of likely N-dealkylation sites (N-methyl/N-ethyl adjacent to an activating group) is 1. The number of hydrogen-bond acceptors (Lipinski definition) is 4. The number of ether oxygens (including phenoxy) is 2. The molecule has 0 aliphatic rings. The summed E-state index contributed by atoms with van der Waals surface area (Å²) < 4.78 is 10.8. The van der Waals surface area contributed by atoms with Crippen LogP contribution in [0.1, 0.15) is 47.5 Å². The molecule has 0 bridgehead atoms. The van der Waals surface area contributed by atoms with Crippen LogP contribution in [-0.2, 0) is 14.3 Å². The first-order valence-corrected chi connectivity index (χ1v) is 6.85.